The van der Waals surface area contributed by atoms with Gasteiger partial charge in [-0.1, -0.05) is 13.8 Å². The molecule has 0 heterocycles. The Hall–Kier alpha value is -0.780. The number of carbonyl (C=O) groups is 1. The van der Waals surface area contributed by atoms with Crippen LogP contribution in [0.25, 0.3) is 0 Å². The first-order chi connectivity index (χ1) is 6.93. The number of thioether (sulfide) groups is 1. The van der Waals surface area contributed by atoms with Gasteiger partial charge in [0, 0.05) is 11.3 Å². The lowest BCUT2D eigenvalue weighted by Gasteiger charge is -2.18. The predicted octanol–water partition coefficient (Wildman–Crippen LogP) is 2.03. The molecule has 0 amide bonds. The predicted molar refractivity (Wildman–Crippen MR) is 59.8 cm³/mol. The molecule has 0 saturated heterocycles. The third kappa shape index (κ3) is 4.51. The molecule has 0 bridgehead atoms. The monoisotopic (exact) mass is 235 g/mol. The molecule has 88 valence electrons. The molecule has 6 heteroatoms. The summed E-state index contributed by atoms with van der Waals surface area (Å²) in [5, 5.41) is 18.7. The van der Waals surface area contributed by atoms with Gasteiger partial charge in [0.15, 0.2) is 0 Å². The second-order valence-corrected chi connectivity index (χ2v) is 4.92. The van der Waals surface area contributed by atoms with Crippen LogP contribution in [0.2, 0.25) is 0 Å². The van der Waals surface area contributed by atoms with E-state index in [0.717, 1.165) is 0 Å². The van der Waals surface area contributed by atoms with Gasteiger partial charge in [-0.25, -0.2) is 0 Å². The molecule has 0 spiro atoms. The van der Waals surface area contributed by atoms with E-state index < -0.39 is 17.3 Å². The van der Waals surface area contributed by atoms with E-state index in [0.29, 0.717) is 12.8 Å². The van der Waals surface area contributed by atoms with Gasteiger partial charge in [-0.15, -0.1) is 11.8 Å². The zero-order chi connectivity index (χ0) is 12.0. The van der Waals surface area contributed by atoms with Gasteiger partial charge in [-0.2, -0.15) is 0 Å². The second-order valence-electron chi connectivity index (χ2n) is 3.34. The number of aliphatic carboxylic acids is 1. The van der Waals surface area contributed by atoms with E-state index >= 15 is 0 Å². The Labute approximate surface area is 93.4 Å². The van der Waals surface area contributed by atoms with E-state index in [1.165, 1.54) is 11.8 Å². The second kappa shape index (κ2) is 6.66. The Morgan fingerprint density at radius 2 is 2.00 bits per heavy atom. The van der Waals surface area contributed by atoms with Gasteiger partial charge in [0.25, 0.3) is 0 Å². The first-order valence-electron chi connectivity index (χ1n) is 4.95. The summed E-state index contributed by atoms with van der Waals surface area (Å²) in [6.45, 7) is 5.23. The molecule has 1 N–H and O–H groups in total. The molecule has 0 aliphatic carbocycles. The van der Waals surface area contributed by atoms with Gasteiger partial charge >= 0.3 is 5.97 Å². The first-order valence-corrected chi connectivity index (χ1v) is 5.90. The van der Waals surface area contributed by atoms with Crippen molar-refractivity contribution in [2.24, 2.45) is 0 Å². The highest BCUT2D eigenvalue weighted by Crippen LogP contribution is 2.25. The smallest absolute Gasteiger partial charge is 0.316 e. The number of nitrogens with zero attached hydrogens (tertiary/aromatic N) is 1. The van der Waals surface area contributed by atoms with Crippen molar-refractivity contribution >= 4 is 17.7 Å². The van der Waals surface area contributed by atoms with E-state index in [9.17, 15) is 14.9 Å². The topological polar surface area (TPSA) is 80.4 Å². The quantitative estimate of drug-likeness (QED) is 0.539. The molecule has 0 aliphatic heterocycles. The van der Waals surface area contributed by atoms with Crippen molar-refractivity contribution in [3.63, 3.8) is 0 Å². The fourth-order valence-electron chi connectivity index (χ4n) is 1.33. The van der Waals surface area contributed by atoms with Crippen molar-refractivity contribution in [1.82, 2.24) is 0 Å². The normalized spacial score (nSPS) is 16.7. The van der Waals surface area contributed by atoms with Gasteiger partial charge in [0.1, 0.15) is 5.25 Å². The third-order valence-electron chi connectivity index (χ3n) is 2.26. The minimum Gasteiger partial charge on any atom is -0.480 e. The van der Waals surface area contributed by atoms with Crippen LogP contribution in [-0.4, -0.2) is 32.5 Å². The van der Waals surface area contributed by atoms with Crippen LogP contribution in [0.15, 0.2) is 0 Å². The fourth-order valence-corrected chi connectivity index (χ4v) is 2.63. The Bertz CT molecular complexity index is 234. The number of rotatable bonds is 7. The van der Waals surface area contributed by atoms with Gasteiger partial charge in [-0.3, -0.25) is 14.9 Å². The van der Waals surface area contributed by atoms with Gasteiger partial charge < -0.3 is 5.11 Å². The lowest BCUT2D eigenvalue weighted by atomic mass is 10.2. The standard InChI is InChI=1S/C9H17NO4S/c1-4-7(10(13)14)6(3)15-8(5-2)9(11)12/h6-8H,4-5H2,1-3H3,(H,11,12). The van der Waals surface area contributed by atoms with Crippen molar-refractivity contribution in [2.45, 2.75) is 50.2 Å². The van der Waals surface area contributed by atoms with E-state index in [4.69, 9.17) is 5.11 Å². The summed E-state index contributed by atoms with van der Waals surface area (Å²) < 4.78 is 0. The molecule has 0 aromatic carbocycles. The van der Waals surface area contributed by atoms with Crippen LogP contribution in [0, 0.1) is 10.1 Å². The number of carboxylic acid groups (broad SMARTS) is 1. The van der Waals surface area contributed by atoms with Crippen LogP contribution in [-0.2, 0) is 4.79 Å². The molecule has 3 atom stereocenters. The molecule has 5 nitrogen and oxygen atoms in total. The number of carboxylic acids is 1. The van der Waals surface area contributed by atoms with E-state index in [1.807, 2.05) is 0 Å². The fraction of sp³-hybridized carbons (Fsp3) is 0.889. The van der Waals surface area contributed by atoms with Gasteiger partial charge in [-0.05, 0) is 13.3 Å². The maximum Gasteiger partial charge on any atom is 0.316 e. The average molecular weight is 235 g/mol. The average Bonchev–Trinajstić information content (AvgIpc) is 2.14. The third-order valence-corrected chi connectivity index (χ3v) is 3.86. The van der Waals surface area contributed by atoms with Crippen LogP contribution in [0.1, 0.15) is 33.6 Å². The maximum atomic E-state index is 10.8. The molecule has 0 aliphatic rings. The lowest BCUT2D eigenvalue weighted by Crippen LogP contribution is -2.31. The van der Waals surface area contributed by atoms with Crippen molar-refractivity contribution in [1.29, 1.82) is 0 Å². The molecule has 3 unspecified atom stereocenters. The van der Waals surface area contributed by atoms with Crippen molar-refractivity contribution in [3.8, 4) is 0 Å². The SMILES string of the molecule is CCC(SC(C)C(CC)[N+](=O)[O-])C(=O)O. The molecular weight excluding hydrogens is 218 g/mol. The molecule has 0 fully saturated rings. The Morgan fingerprint density at radius 1 is 1.47 bits per heavy atom. The summed E-state index contributed by atoms with van der Waals surface area (Å²) in [5.41, 5.74) is 0. The summed E-state index contributed by atoms with van der Waals surface area (Å²) in [6, 6.07) is -0.664. The molecule has 0 radical (unpaired) electrons. The summed E-state index contributed by atoms with van der Waals surface area (Å²) in [4.78, 5) is 21.1. The number of hydrogen-bond donors (Lipinski definition) is 1. The van der Waals surface area contributed by atoms with Crippen molar-refractivity contribution in [2.75, 3.05) is 0 Å². The van der Waals surface area contributed by atoms with Crippen molar-refractivity contribution < 1.29 is 14.8 Å². The van der Waals surface area contributed by atoms with Gasteiger partial charge in [0.2, 0.25) is 6.04 Å². The highest BCUT2D eigenvalue weighted by Gasteiger charge is 2.30. The zero-order valence-corrected chi connectivity index (χ0v) is 9.99. The van der Waals surface area contributed by atoms with E-state index in [-0.39, 0.29) is 10.2 Å². The minimum atomic E-state index is -0.896. The highest BCUT2D eigenvalue weighted by molar-refractivity contribution is 8.01. The van der Waals surface area contributed by atoms with E-state index in [2.05, 4.69) is 0 Å². The Kier molecular flexibility index (Phi) is 6.31. The largest absolute Gasteiger partial charge is 0.480 e. The summed E-state index contributed by atoms with van der Waals surface area (Å²) in [7, 11) is 0. The summed E-state index contributed by atoms with van der Waals surface area (Å²) in [5.74, 6) is -0.896. The molecule has 0 aromatic heterocycles. The lowest BCUT2D eigenvalue weighted by molar-refractivity contribution is -0.521. The van der Waals surface area contributed by atoms with Crippen molar-refractivity contribution in [3.05, 3.63) is 10.1 Å². The van der Waals surface area contributed by atoms with Crippen LogP contribution >= 0.6 is 11.8 Å². The van der Waals surface area contributed by atoms with E-state index in [1.54, 1.807) is 20.8 Å². The molecule has 15 heavy (non-hydrogen) atoms. The van der Waals surface area contributed by atoms with Crippen LogP contribution in [0.4, 0.5) is 0 Å². The summed E-state index contributed by atoms with van der Waals surface area (Å²) in [6.07, 6.45) is 0.912. The highest BCUT2D eigenvalue weighted by atomic mass is 32.2. The Balaban J connectivity index is 4.37. The molecule has 0 saturated carbocycles. The number of hydrogen-bond acceptors (Lipinski definition) is 4. The van der Waals surface area contributed by atoms with Crippen LogP contribution in [0.5, 0.6) is 0 Å². The Morgan fingerprint density at radius 3 is 2.27 bits per heavy atom. The first kappa shape index (κ1) is 14.2. The molecular formula is C9H17NO4S. The van der Waals surface area contributed by atoms with Crippen LogP contribution < -0.4 is 0 Å². The number of nitro groups is 1. The molecule has 0 rings (SSSR count). The zero-order valence-electron chi connectivity index (χ0n) is 9.17. The summed E-state index contributed by atoms with van der Waals surface area (Å²) >= 11 is 1.17. The minimum absolute atomic E-state index is 0.272. The molecule has 0 aromatic rings. The van der Waals surface area contributed by atoms with Gasteiger partial charge in [0.05, 0.1) is 5.25 Å². The van der Waals surface area contributed by atoms with Crippen LogP contribution in [0.3, 0.4) is 0 Å². The maximum absolute atomic E-state index is 10.8.